The lowest BCUT2D eigenvalue weighted by Crippen LogP contribution is -2.48. The SMILES string of the molecule is CCCNC(CN1CCCN2CCCC2C1)C1CCOC1. The Morgan fingerprint density at radius 3 is 2.90 bits per heavy atom. The number of rotatable bonds is 6. The molecule has 0 aromatic heterocycles. The molecule has 3 unspecified atom stereocenters. The fourth-order valence-electron chi connectivity index (χ4n) is 4.31. The maximum absolute atomic E-state index is 5.63. The normalized spacial score (nSPS) is 33.0. The van der Waals surface area contributed by atoms with Gasteiger partial charge in [0.25, 0.3) is 0 Å². The van der Waals surface area contributed by atoms with E-state index in [4.69, 9.17) is 4.74 Å². The van der Waals surface area contributed by atoms with Gasteiger partial charge < -0.3 is 15.0 Å². The van der Waals surface area contributed by atoms with Gasteiger partial charge in [0.15, 0.2) is 0 Å². The Kier molecular flexibility index (Phi) is 5.92. The molecular formula is C17H33N3O. The molecule has 0 radical (unpaired) electrons. The number of nitrogens with one attached hydrogen (secondary N) is 1. The summed E-state index contributed by atoms with van der Waals surface area (Å²) in [5.41, 5.74) is 0. The van der Waals surface area contributed by atoms with Gasteiger partial charge in [-0.3, -0.25) is 4.90 Å². The van der Waals surface area contributed by atoms with E-state index in [-0.39, 0.29) is 0 Å². The highest BCUT2D eigenvalue weighted by Gasteiger charge is 2.32. The number of fused-ring (bicyclic) bond motifs is 1. The van der Waals surface area contributed by atoms with Crippen molar-refractivity contribution < 1.29 is 4.74 Å². The summed E-state index contributed by atoms with van der Waals surface area (Å²) < 4.78 is 5.63. The second kappa shape index (κ2) is 7.91. The molecule has 122 valence electrons. The summed E-state index contributed by atoms with van der Waals surface area (Å²) in [5, 5.41) is 3.80. The number of nitrogens with zero attached hydrogens (tertiary/aromatic N) is 2. The molecule has 0 spiro atoms. The van der Waals surface area contributed by atoms with Gasteiger partial charge >= 0.3 is 0 Å². The van der Waals surface area contributed by atoms with Crippen LogP contribution in [0.3, 0.4) is 0 Å². The zero-order valence-electron chi connectivity index (χ0n) is 13.7. The highest BCUT2D eigenvalue weighted by atomic mass is 16.5. The van der Waals surface area contributed by atoms with Crippen molar-refractivity contribution in [2.75, 3.05) is 52.5 Å². The Hall–Kier alpha value is -0.160. The zero-order valence-corrected chi connectivity index (χ0v) is 13.7. The van der Waals surface area contributed by atoms with Crippen molar-refractivity contribution in [2.45, 2.75) is 51.1 Å². The third-order valence-corrected chi connectivity index (χ3v) is 5.53. The fourth-order valence-corrected chi connectivity index (χ4v) is 4.31. The lowest BCUT2D eigenvalue weighted by atomic mass is 9.98. The molecule has 3 saturated heterocycles. The largest absolute Gasteiger partial charge is 0.381 e. The van der Waals surface area contributed by atoms with Gasteiger partial charge in [0.1, 0.15) is 0 Å². The second-order valence-corrected chi connectivity index (χ2v) is 7.13. The molecule has 0 bridgehead atoms. The van der Waals surface area contributed by atoms with Gasteiger partial charge in [-0.2, -0.15) is 0 Å². The van der Waals surface area contributed by atoms with E-state index in [0.717, 1.165) is 31.7 Å². The Morgan fingerprint density at radius 1 is 1.19 bits per heavy atom. The molecule has 3 aliphatic rings. The first-order valence-electron chi connectivity index (χ1n) is 9.14. The third-order valence-electron chi connectivity index (χ3n) is 5.53. The van der Waals surface area contributed by atoms with Gasteiger partial charge in [0.2, 0.25) is 0 Å². The van der Waals surface area contributed by atoms with E-state index in [1.807, 2.05) is 0 Å². The molecule has 21 heavy (non-hydrogen) atoms. The summed E-state index contributed by atoms with van der Waals surface area (Å²) in [7, 11) is 0. The molecule has 1 N–H and O–H groups in total. The quantitative estimate of drug-likeness (QED) is 0.805. The van der Waals surface area contributed by atoms with Gasteiger partial charge in [-0.1, -0.05) is 6.92 Å². The molecule has 0 saturated carbocycles. The Bertz CT molecular complexity index is 306. The average molecular weight is 295 g/mol. The van der Waals surface area contributed by atoms with Gasteiger partial charge in [0.05, 0.1) is 6.61 Å². The maximum atomic E-state index is 5.63. The lowest BCUT2D eigenvalue weighted by molar-refractivity contribution is 0.155. The molecule has 3 heterocycles. The molecule has 3 atom stereocenters. The van der Waals surface area contributed by atoms with Crippen LogP contribution in [0.1, 0.15) is 39.0 Å². The van der Waals surface area contributed by atoms with Gasteiger partial charge in [-0.25, -0.2) is 0 Å². The van der Waals surface area contributed by atoms with Crippen molar-refractivity contribution in [3.05, 3.63) is 0 Å². The molecule has 0 aliphatic carbocycles. The monoisotopic (exact) mass is 295 g/mol. The summed E-state index contributed by atoms with van der Waals surface area (Å²) in [6, 6.07) is 1.46. The van der Waals surface area contributed by atoms with E-state index in [1.165, 1.54) is 64.8 Å². The fraction of sp³-hybridized carbons (Fsp3) is 1.00. The summed E-state index contributed by atoms with van der Waals surface area (Å²) in [4.78, 5) is 5.47. The summed E-state index contributed by atoms with van der Waals surface area (Å²) in [5.74, 6) is 0.722. The van der Waals surface area contributed by atoms with Crippen LogP contribution in [0.2, 0.25) is 0 Å². The minimum Gasteiger partial charge on any atom is -0.381 e. The Morgan fingerprint density at radius 2 is 2.10 bits per heavy atom. The lowest BCUT2D eigenvalue weighted by Gasteiger charge is -2.32. The number of hydrogen-bond acceptors (Lipinski definition) is 4. The molecule has 0 amide bonds. The highest BCUT2D eigenvalue weighted by Crippen LogP contribution is 2.23. The second-order valence-electron chi connectivity index (χ2n) is 7.13. The third kappa shape index (κ3) is 4.19. The summed E-state index contributed by atoms with van der Waals surface area (Å²) in [6.45, 7) is 11.8. The van der Waals surface area contributed by atoms with Crippen LogP contribution < -0.4 is 5.32 Å². The van der Waals surface area contributed by atoms with Crippen molar-refractivity contribution in [2.24, 2.45) is 5.92 Å². The molecule has 0 aromatic rings. The van der Waals surface area contributed by atoms with E-state index < -0.39 is 0 Å². The van der Waals surface area contributed by atoms with Crippen molar-refractivity contribution in [1.82, 2.24) is 15.1 Å². The van der Waals surface area contributed by atoms with Crippen molar-refractivity contribution >= 4 is 0 Å². The average Bonchev–Trinajstić information content (AvgIpc) is 3.13. The van der Waals surface area contributed by atoms with Crippen molar-refractivity contribution in [1.29, 1.82) is 0 Å². The van der Waals surface area contributed by atoms with Crippen LogP contribution in [-0.4, -0.2) is 74.4 Å². The number of hydrogen-bond donors (Lipinski definition) is 1. The highest BCUT2D eigenvalue weighted by molar-refractivity contribution is 4.88. The molecule has 4 heteroatoms. The van der Waals surface area contributed by atoms with Gasteiger partial charge in [0, 0.05) is 37.7 Å². The van der Waals surface area contributed by atoms with E-state index in [9.17, 15) is 0 Å². The van der Waals surface area contributed by atoms with Crippen LogP contribution in [0.25, 0.3) is 0 Å². The number of ether oxygens (including phenoxy) is 1. The van der Waals surface area contributed by atoms with Crippen molar-refractivity contribution in [3.8, 4) is 0 Å². The first-order chi connectivity index (χ1) is 10.4. The Labute approximate surface area is 130 Å². The Balaban J connectivity index is 1.55. The van der Waals surface area contributed by atoms with Crippen LogP contribution in [0.4, 0.5) is 0 Å². The van der Waals surface area contributed by atoms with Gasteiger partial charge in [-0.15, -0.1) is 0 Å². The standard InChI is InChI=1S/C17H33N3O/c1-2-7-18-17(15-6-11-21-14-15)13-19-8-4-10-20-9-3-5-16(20)12-19/h15-18H,2-14H2,1H3. The topological polar surface area (TPSA) is 27.7 Å². The van der Waals surface area contributed by atoms with Crippen LogP contribution in [0.5, 0.6) is 0 Å². The van der Waals surface area contributed by atoms with Crippen LogP contribution in [-0.2, 0) is 4.74 Å². The van der Waals surface area contributed by atoms with Crippen LogP contribution >= 0.6 is 0 Å². The minimum atomic E-state index is 0.625. The van der Waals surface area contributed by atoms with Gasteiger partial charge in [-0.05, 0) is 58.3 Å². The summed E-state index contributed by atoms with van der Waals surface area (Å²) in [6.07, 6.45) is 6.63. The van der Waals surface area contributed by atoms with Crippen LogP contribution in [0, 0.1) is 5.92 Å². The summed E-state index contributed by atoms with van der Waals surface area (Å²) >= 11 is 0. The van der Waals surface area contributed by atoms with E-state index in [1.54, 1.807) is 0 Å². The predicted octanol–water partition coefficient (Wildman–Crippen LogP) is 1.56. The molecular weight excluding hydrogens is 262 g/mol. The molecule has 4 nitrogen and oxygen atoms in total. The molecule has 3 rings (SSSR count). The minimum absolute atomic E-state index is 0.625. The predicted molar refractivity (Wildman–Crippen MR) is 86.7 cm³/mol. The molecule has 0 aromatic carbocycles. The molecule has 3 fully saturated rings. The van der Waals surface area contributed by atoms with Crippen molar-refractivity contribution in [3.63, 3.8) is 0 Å². The molecule has 3 aliphatic heterocycles. The maximum Gasteiger partial charge on any atom is 0.0510 e. The zero-order chi connectivity index (χ0) is 14.5. The smallest absolute Gasteiger partial charge is 0.0510 e. The first kappa shape index (κ1) is 15.7. The van der Waals surface area contributed by atoms with Crippen LogP contribution in [0.15, 0.2) is 0 Å². The van der Waals surface area contributed by atoms with E-state index in [2.05, 4.69) is 22.0 Å². The first-order valence-corrected chi connectivity index (χ1v) is 9.14. The van der Waals surface area contributed by atoms with E-state index in [0.29, 0.717) is 6.04 Å². The van der Waals surface area contributed by atoms with E-state index >= 15 is 0 Å².